The number of benzene rings is 2. The van der Waals surface area contributed by atoms with Gasteiger partial charge in [0.2, 0.25) is 17.7 Å². The van der Waals surface area contributed by atoms with Gasteiger partial charge >= 0.3 is 0 Å². The van der Waals surface area contributed by atoms with E-state index in [2.05, 4.69) is 10.6 Å². The van der Waals surface area contributed by atoms with Gasteiger partial charge < -0.3 is 20.6 Å². The first kappa shape index (κ1) is 27.0. The molecule has 5 rings (SSSR count). The van der Waals surface area contributed by atoms with E-state index in [4.69, 9.17) is 16.7 Å². The number of aliphatic hydroxyl groups is 1. The molecule has 0 aromatic heterocycles. The van der Waals surface area contributed by atoms with E-state index in [1.54, 1.807) is 22.7 Å². The summed E-state index contributed by atoms with van der Waals surface area (Å²) in [5.74, 6) is -1.54. The largest absolute Gasteiger partial charge is 0.396 e. The van der Waals surface area contributed by atoms with E-state index in [1.165, 1.54) is 0 Å². The minimum absolute atomic E-state index is 0.00304. The van der Waals surface area contributed by atoms with Crippen LogP contribution in [0.1, 0.15) is 44.1 Å². The van der Waals surface area contributed by atoms with E-state index in [1.807, 2.05) is 49.4 Å². The zero-order chi connectivity index (χ0) is 26.9. The van der Waals surface area contributed by atoms with Crippen molar-refractivity contribution in [2.75, 3.05) is 23.8 Å². The first-order valence-corrected chi connectivity index (χ1v) is 14.6. The van der Waals surface area contributed by atoms with Crippen LogP contribution < -0.4 is 10.6 Å². The van der Waals surface area contributed by atoms with Gasteiger partial charge in [-0.3, -0.25) is 14.4 Å². The second kappa shape index (κ2) is 11.3. The van der Waals surface area contributed by atoms with Crippen molar-refractivity contribution >= 4 is 52.5 Å². The van der Waals surface area contributed by atoms with E-state index < -0.39 is 22.6 Å². The maximum absolute atomic E-state index is 14.0. The number of hydrogen-bond acceptors (Lipinski definition) is 5. The van der Waals surface area contributed by atoms with Gasteiger partial charge in [-0.25, -0.2) is 0 Å². The predicted octanol–water partition coefficient (Wildman–Crippen LogP) is 4.87. The summed E-state index contributed by atoms with van der Waals surface area (Å²) in [6.07, 6.45) is 4.68. The summed E-state index contributed by atoms with van der Waals surface area (Å²) in [6, 6.07) is 14.1. The Morgan fingerprint density at radius 2 is 1.82 bits per heavy atom. The Balaban J connectivity index is 1.44. The van der Waals surface area contributed by atoms with Crippen LogP contribution in [0, 0.1) is 18.8 Å². The van der Waals surface area contributed by atoms with Crippen LogP contribution in [0.3, 0.4) is 0 Å². The highest BCUT2D eigenvalue weighted by Crippen LogP contribution is 2.66. The molecule has 1 spiro atoms. The molecule has 3 saturated heterocycles. The van der Waals surface area contributed by atoms with Gasteiger partial charge in [0, 0.05) is 24.1 Å². The Kier molecular flexibility index (Phi) is 8.03. The molecule has 3 aliphatic rings. The number of amides is 3. The van der Waals surface area contributed by atoms with Crippen molar-refractivity contribution < 1.29 is 19.5 Å². The number of hydrogen-bond donors (Lipinski definition) is 3. The Labute approximate surface area is 232 Å². The third-order valence-electron chi connectivity index (χ3n) is 8.17. The van der Waals surface area contributed by atoms with Crippen LogP contribution in [0.4, 0.5) is 11.4 Å². The fourth-order valence-electron chi connectivity index (χ4n) is 6.47. The number of halogens is 1. The van der Waals surface area contributed by atoms with E-state index in [9.17, 15) is 14.4 Å². The molecule has 9 heteroatoms. The first-order chi connectivity index (χ1) is 18.4. The smallest absolute Gasteiger partial charge is 0.248 e. The van der Waals surface area contributed by atoms with Crippen molar-refractivity contribution in [1.82, 2.24) is 4.90 Å². The first-order valence-electron chi connectivity index (χ1n) is 13.4. The lowest BCUT2D eigenvalue weighted by Crippen LogP contribution is -2.51. The monoisotopic (exact) mass is 555 g/mol. The molecule has 2 aromatic carbocycles. The van der Waals surface area contributed by atoms with E-state index in [0.29, 0.717) is 29.4 Å². The minimum Gasteiger partial charge on any atom is -0.396 e. The van der Waals surface area contributed by atoms with Crippen molar-refractivity contribution in [3.63, 3.8) is 0 Å². The van der Waals surface area contributed by atoms with E-state index in [-0.39, 0.29) is 29.6 Å². The summed E-state index contributed by atoms with van der Waals surface area (Å²) in [6.45, 7) is 2.48. The zero-order valence-electron chi connectivity index (χ0n) is 21.5. The number of aliphatic hydroxyl groups excluding tert-OH is 1. The van der Waals surface area contributed by atoms with Crippen molar-refractivity contribution in [3.05, 3.63) is 59.1 Å². The maximum Gasteiger partial charge on any atom is 0.248 e. The van der Waals surface area contributed by atoms with Gasteiger partial charge in [-0.15, -0.1) is 11.8 Å². The fourth-order valence-corrected chi connectivity index (χ4v) is 8.96. The van der Waals surface area contributed by atoms with Gasteiger partial charge in [0.15, 0.2) is 0 Å². The predicted molar refractivity (Wildman–Crippen MR) is 151 cm³/mol. The quantitative estimate of drug-likeness (QED) is 0.363. The van der Waals surface area contributed by atoms with Crippen molar-refractivity contribution in [2.45, 2.75) is 61.5 Å². The summed E-state index contributed by atoms with van der Waals surface area (Å²) in [4.78, 5) is 43.3. The summed E-state index contributed by atoms with van der Waals surface area (Å²) in [7, 11) is 0. The van der Waals surface area contributed by atoms with Crippen molar-refractivity contribution in [2.24, 2.45) is 11.8 Å². The lowest BCUT2D eigenvalue weighted by Gasteiger charge is -2.34. The molecule has 0 saturated carbocycles. The molecule has 3 aliphatic heterocycles. The second-order valence-electron chi connectivity index (χ2n) is 10.5. The second-order valence-corrected chi connectivity index (χ2v) is 12.5. The molecule has 38 heavy (non-hydrogen) atoms. The third-order valence-corrected chi connectivity index (χ3v) is 10.4. The average molecular weight is 556 g/mol. The van der Waals surface area contributed by atoms with Crippen LogP contribution in [0.15, 0.2) is 48.5 Å². The lowest BCUT2D eigenvalue weighted by atomic mass is 9.70. The molecule has 2 aromatic rings. The number of anilines is 2. The number of nitrogens with one attached hydrogen (secondary N) is 2. The summed E-state index contributed by atoms with van der Waals surface area (Å²) in [5, 5.41) is 15.6. The molecule has 202 valence electrons. The SMILES string of the molecule is Cc1cccc(Cl)c1NC(=O)C1N(CCCCCCO)C(=O)[C@@H]2[C@@H](C(=O)Nc3ccccc3)[C@H]3CCC12S3. The van der Waals surface area contributed by atoms with Gasteiger partial charge in [0.25, 0.3) is 0 Å². The summed E-state index contributed by atoms with van der Waals surface area (Å²) in [5.41, 5.74) is 2.11. The standard InChI is InChI=1S/C29H34ClN3O4S/c1-18-10-9-13-20(30)24(18)32-27(36)25-29-15-14-21(38-29)22(26(35)31-19-11-5-4-6-12-19)23(29)28(37)33(25)16-7-2-3-8-17-34/h4-6,9-13,21-23,25,34H,2-3,7-8,14-17H2,1H3,(H,31,35)(H,32,36)/t21-,22+,23+,25?,29?/m1/s1. The molecular weight excluding hydrogens is 522 g/mol. The maximum atomic E-state index is 14.0. The van der Waals surface area contributed by atoms with Gasteiger partial charge in [-0.05, 0) is 56.4 Å². The molecule has 3 amide bonds. The van der Waals surface area contributed by atoms with Crippen molar-refractivity contribution in [1.29, 1.82) is 0 Å². The van der Waals surface area contributed by atoms with Crippen LogP contribution in [0.2, 0.25) is 5.02 Å². The van der Waals surface area contributed by atoms with Crippen LogP contribution in [0.25, 0.3) is 0 Å². The fraction of sp³-hybridized carbons (Fsp3) is 0.483. The topological polar surface area (TPSA) is 98.7 Å². The molecule has 3 N–H and O–H groups in total. The minimum atomic E-state index is -0.682. The lowest BCUT2D eigenvalue weighted by molar-refractivity contribution is -0.138. The number of likely N-dealkylation sites (tertiary alicyclic amines) is 1. The average Bonchev–Trinajstić information content (AvgIpc) is 3.54. The highest BCUT2D eigenvalue weighted by Gasteiger charge is 2.73. The number of thioether (sulfide) groups is 1. The summed E-state index contributed by atoms with van der Waals surface area (Å²) >= 11 is 8.09. The number of rotatable bonds is 10. The van der Waals surface area contributed by atoms with Crippen LogP contribution in [0.5, 0.6) is 0 Å². The molecule has 3 heterocycles. The van der Waals surface area contributed by atoms with Crippen molar-refractivity contribution in [3.8, 4) is 0 Å². The van der Waals surface area contributed by atoms with Crippen LogP contribution in [-0.4, -0.2) is 56.9 Å². The highest BCUT2D eigenvalue weighted by molar-refractivity contribution is 8.02. The zero-order valence-corrected chi connectivity index (χ0v) is 23.1. The van der Waals surface area contributed by atoms with E-state index >= 15 is 0 Å². The number of para-hydroxylation sites is 2. The molecule has 7 nitrogen and oxygen atoms in total. The molecule has 2 unspecified atom stereocenters. The van der Waals surface area contributed by atoms with Gasteiger partial charge in [-0.1, -0.05) is 54.8 Å². The number of unbranched alkanes of at least 4 members (excludes halogenated alkanes) is 3. The molecule has 0 radical (unpaired) electrons. The Morgan fingerprint density at radius 1 is 1.05 bits per heavy atom. The third kappa shape index (κ3) is 4.82. The number of carbonyl (C=O) groups is 3. The van der Waals surface area contributed by atoms with Crippen LogP contribution >= 0.6 is 23.4 Å². The number of nitrogens with zero attached hydrogens (tertiary/aromatic N) is 1. The van der Waals surface area contributed by atoms with Gasteiger partial charge in [0.1, 0.15) is 6.04 Å². The molecule has 2 bridgehead atoms. The Bertz CT molecular complexity index is 1190. The van der Waals surface area contributed by atoms with Gasteiger partial charge in [0.05, 0.1) is 27.3 Å². The van der Waals surface area contributed by atoms with Gasteiger partial charge in [-0.2, -0.15) is 0 Å². The Morgan fingerprint density at radius 3 is 2.55 bits per heavy atom. The molecular formula is C29H34ClN3O4S. The normalized spacial score (nSPS) is 27.4. The molecule has 5 atom stereocenters. The molecule has 3 fully saturated rings. The highest BCUT2D eigenvalue weighted by atomic mass is 35.5. The summed E-state index contributed by atoms with van der Waals surface area (Å²) < 4.78 is -0.648. The number of aryl methyl sites for hydroxylation is 1. The number of fused-ring (bicyclic) bond motifs is 1. The Hall–Kier alpha value is -2.55. The molecule has 0 aliphatic carbocycles. The van der Waals surface area contributed by atoms with E-state index in [0.717, 1.165) is 37.7 Å². The van der Waals surface area contributed by atoms with Crippen LogP contribution in [-0.2, 0) is 14.4 Å². The number of carbonyl (C=O) groups excluding carboxylic acids is 3.